The average molecular weight is 164 g/mol. The lowest BCUT2D eigenvalue weighted by atomic mass is 9.85. The van der Waals surface area contributed by atoms with Gasteiger partial charge in [0.1, 0.15) is 0 Å². The van der Waals surface area contributed by atoms with Crippen molar-refractivity contribution in [3.63, 3.8) is 0 Å². The van der Waals surface area contributed by atoms with Crippen LogP contribution in [0.5, 0.6) is 0 Å². The van der Waals surface area contributed by atoms with Gasteiger partial charge in [-0.3, -0.25) is 0 Å². The first kappa shape index (κ1) is 7.87. The van der Waals surface area contributed by atoms with Crippen LogP contribution in [0.3, 0.4) is 0 Å². The van der Waals surface area contributed by atoms with E-state index in [4.69, 9.17) is 5.73 Å². The SMILES string of the molecule is NCc1cccn1CC1CCC1. The van der Waals surface area contributed by atoms with Crippen LogP contribution in [0.15, 0.2) is 18.3 Å². The van der Waals surface area contributed by atoms with E-state index in [1.165, 1.54) is 31.5 Å². The molecule has 0 unspecified atom stereocenters. The molecule has 2 rings (SSSR count). The summed E-state index contributed by atoms with van der Waals surface area (Å²) >= 11 is 0. The van der Waals surface area contributed by atoms with Crippen molar-refractivity contribution in [2.75, 3.05) is 0 Å². The van der Waals surface area contributed by atoms with Crippen LogP contribution in [-0.4, -0.2) is 4.57 Å². The number of nitrogens with two attached hydrogens (primary N) is 1. The lowest BCUT2D eigenvalue weighted by Gasteiger charge is -2.26. The summed E-state index contributed by atoms with van der Waals surface area (Å²) in [5.41, 5.74) is 6.88. The molecule has 0 amide bonds. The second-order valence-electron chi connectivity index (χ2n) is 3.65. The Hall–Kier alpha value is -0.760. The van der Waals surface area contributed by atoms with Gasteiger partial charge in [0.2, 0.25) is 0 Å². The molecule has 2 heteroatoms. The summed E-state index contributed by atoms with van der Waals surface area (Å²) in [7, 11) is 0. The summed E-state index contributed by atoms with van der Waals surface area (Å²) in [6.07, 6.45) is 6.37. The van der Waals surface area contributed by atoms with Gasteiger partial charge in [-0.1, -0.05) is 6.42 Å². The van der Waals surface area contributed by atoms with Crippen LogP contribution in [0.4, 0.5) is 0 Å². The van der Waals surface area contributed by atoms with Crippen molar-refractivity contribution in [1.82, 2.24) is 4.57 Å². The van der Waals surface area contributed by atoms with E-state index < -0.39 is 0 Å². The van der Waals surface area contributed by atoms with Crippen LogP contribution in [0, 0.1) is 5.92 Å². The Bertz CT molecular complexity index is 248. The minimum atomic E-state index is 0.666. The van der Waals surface area contributed by atoms with Crippen LogP contribution < -0.4 is 5.73 Å². The van der Waals surface area contributed by atoms with Gasteiger partial charge >= 0.3 is 0 Å². The van der Waals surface area contributed by atoms with Crippen LogP contribution >= 0.6 is 0 Å². The molecular weight excluding hydrogens is 148 g/mol. The zero-order valence-corrected chi connectivity index (χ0v) is 7.37. The molecule has 0 radical (unpaired) electrons. The molecule has 0 atom stereocenters. The molecule has 1 heterocycles. The number of hydrogen-bond donors (Lipinski definition) is 1. The van der Waals surface area contributed by atoms with Crippen molar-refractivity contribution >= 4 is 0 Å². The highest BCUT2D eigenvalue weighted by Gasteiger charge is 2.17. The van der Waals surface area contributed by atoms with Gasteiger partial charge < -0.3 is 10.3 Å². The normalized spacial score (nSPS) is 17.8. The Labute approximate surface area is 73.4 Å². The maximum absolute atomic E-state index is 5.61. The lowest BCUT2D eigenvalue weighted by Crippen LogP contribution is -2.19. The molecule has 1 aromatic rings. The fraction of sp³-hybridized carbons (Fsp3) is 0.600. The van der Waals surface area contributed by atoms with Crippen molar-refractivity contribution in [3.05, 3.63) is 24.0 Å². The van der Waals surface area contributed by atoms with E-state index in [1.807, 2.05) is 0 Å². The number of rotatable bonds is 3. The van der Waals surface area contributed by atoms with E-state index in [0.717, 1.165) is 5.92 Å². The van der Waals surface area contributed by atoms with Crippen molar-refractivity contribution in [1.29, 1.82) is 0 Å². The summed E-state index contributed by atoms with van der Waals surface area (Å²) in [5.74, 6) is 0.919. The van der Waals surface area contributed by atoms with Gasteiger partial charge in [0, 0.05) is 25.0 Å². The maximum atomic E-state index is 5.61. The fourth-order valence-electron chi connectivity index (χ4n) is 1.77. The van der Waals surface area contributed by atoms with Crippen molar-refractivity contribution in [3.8, 4) is 0 Å². The van der Waals surface area contributed by atoms with E-state index in [-0.39, 0.29) is 0 Å². The maximum Gasteiger partial charge on any atom is 0.0334 e. The van der Waals surface area contributed by atoms with E-state index in [0.29, 0.717) is 6.54 Å². The minimum Gasteiger partial charge on any atom is -0.350 e. The molecule has 1 aliphatic rings. The van der Waals surface area contributed by atoms with Crippen LogP contribution in [-0.2, 0) is 13.1 Å². The van der Waals surface area contributed by atoms with Gasteiger partial charge in [-0.25, -0.2) is 0 Å². The van der Waals surface area contributed by atoms with Crippen LogP contribution in [0.1, 0.15) is 25.0 Å². The highest BCUT2D eigenvalue weighted by atomic mass is 15.0. The first-order chi connectivity index (χ1) is 5.90. The lowest BCUT2D eigenvalue weighted by molar-refractivity contribution is 0.274. The standard InChI is InChI=1S/C10H16N2/c11-7-10-5-2-6-12(10)8-9-3-1-4-9/h2,5-6,9H,1,3-4,7-8,11H2. The van der Waals surface area contributed by atoms with Gasteiger partial charge in [-0.2, -0.15) is 0 Å². The molecule has 2 N–H and O–H groups in total. The molecule has 0 aromatic carbocycles. The van der Waals surface area contributed by atoms with Gasteiger partial charge in [-0.15, -0.1) is 0 Å². The molecule has 0 aliphatic heterocycles. The Morgan fingerprint density at radius 1 is 1.50 bits per heavy atom. The minimum absolute atomic E-state index is 0.666. The average Bonchev–Trinajstić information content (AvgIpc) is 2.43. The second-order valence-corrected chi connectivity index (χ2v) is 3.65. The van der Waals surface area contributed by atoms with Gasteiger partial charge in [0.05, 0.1) is 0 Å². The van der Waals surface area contributed by atoms with Crippen LogP contribution in [0.25, 0.3) is 0 Å². The monoisotopic (exact) mass is 164 g/mol. The molecule has 1 fully saturated rings. The fourth-order valence-corrected chi connectivity index (χ4v) is 1.77. The van der Waals surface area contributed by atoms with Crippen molar-refractivity contribution < 1.29 is 0 Å². The molecule has 2 nitrogen and oxygen atoms in total. The molecule has 1 saturated carbocycles. The Morgan fingerprint density at radius 2 is 2.33 bits per heavy atom. The van der Waals surface area contributed by atoms with Gasteiger partial charge in [0.15, 0.2) is 0 Å². The van der Waals surface area contributed by atoms with E-state index in [2.05, 4.69) is 22.9 Å². The summed E-state index contributed by atoms with van der Waals surface area (Å²) in [6, 6.07) is 4.19. The van der Waals surface area contributed by atoms with Crippen molar-refractivity contribution in [2.24, 2.45) is 11.7 Å². The molecule has 66 valence electrons. The molecule has 0 saturated heterocycles. The smallest absolute Gasteiger partial charge is 0.0334 e. The van der Waals surface area contributed by atoms with Crippen molar-refractivity contribution in [2.45, 2.75) is 32.4 Å². The first-order valence-corrected chi connectivity index (χ1v) is 4.74. The molecule has 1 aromatic heterocycles. The Balaban J connectivity index is 2.00. The first-order valence-electron chi connectivity index (χ1n) is 4.74. The summed E-state index contributed by atoms with van der Waals surface area (Å²) in [4.78, 5) is 0. The zero-order valence-electron chi connectivity index (χ0n) is 7.37. The Kier molecular flexibility index (Phi) is 2.17. The molecule has 0 spiro atoms. The molecular formula is C10H16N2. The third-order valence-electron chi connectivity index (χ3n) is 2.81. The summed E-state index contributed by atoms with van der Waals surface area (Å²) < 4.78 is 2.30. The molecule has 12 heavy (non-hydrogen) atoms. The quantitative estimate of drug-likeness (QED) is 0.725. The summed E-state index contributed by atoms with van der Waals surface area (Å²) in [6.45, 7) is 1.85. The van der Waals surface area contributed by atoms with Gasteiger partial charge in [0.25, 0.3) is 0 Å². The summed E-state index contributed by atoms with van der Waals surface area (Å²) in [5, 5.41) is 0. The topological polar surface area (TPSA) is 30.9 Å². The molecule has 0 bridgehead atoms. The Morgan fingerprint density at radius 3 is 2.92 bits per heavy atom. The third kappa shape index (κ3) is 1.39. The highest BCUT2D eigenvalue weighted by molar-refractivity contribution is 5.06. The second kappa shape index (κ2) is 3.31. The number of hydrogen-bond acceptors (Lipinski definition) is 1. The third-order valence-corrected chi connectivity index (χ3v) is 2.81. The largest absolute Gasteiger partial charge is 0.350 e. The number of aromatic nitrogens is 1. The zero-order chi connectivity index (χ0) is 8.39. The predicted octanol–water partition coefficient (Wildman–Crippen LogP) is 1.75. The van der Waals surface area contributed by atoms with E-state index in [1.54, 1.807) is 0 Å². The van der Waals surface area contributed by atoms with E-state index >= 15 is 0 Å². The number of nitrogens with zero attached hydrogens (tertiary/aromatic N) is 1. The molecule has 1 aliphatic carbocycles. The van der Waals surface area contributed by atoms with E-state index in [9.17, 15) is 0 Å². The van der Waals surface area contributed by atoms with Crippen LogP contribution in [0.2, 0.25) is 0 Å². The highest BCUT2D eigenvalue weighted by Crippen LogP contribution is 2.28. The van der Waals surface area contributed by atoms with Gasteiger partial charge in [-0.05, 0) is 30.9 Å². The predicted molar refractivity (Wildman–Crippen MR) is 49.7 cm³/mol.